The molecule has 1 aromatic carbocycles. The number of carbonyl (C=O) groups is 1. The molecule has 2 aliphatic rings. The van der Waals surface area contributed by atoms with E-state index in [2.05, 4.69) is 48.3 Å². The summed E-state index contributed by atoms with van der Waals surface area (Å²) in [4.78, 5) is 14.3. The van der Waals surface area contributed by atoms with Crippen LogP contribution in [-0.4, -0.2) is 42.1 Å². The van der Waals surface area contributed by atoms with E-state index in [9.17, 15) is 4.79 Å². The van der Waals surface area contributed by atoms with Gasteiger partial charge in [-0.3, -0.25) is 9.69 Å². The fourth-order valence-electron chi connectivity index (χ4n) is 4.21. The fourth-order valence-corrected chi connectivity index (χ4v) is 4.21. The van der Waals surface area contributed by atoms with Gasteiger partial charge in [-0.1, -0.05) is 52.0 Å². The molecule has 1 aromatic rings. The molecule has 0 aromatic heterocycles. The van der Waals surface area contributed by atoms with Crippen LogP contribution >= 0.6 is 0 Å². The van der Waals surface area contributed by atoms with Crippen molar-refractivity contribution in [3.8, 4) is 0 Å². The summed E-state index contributed by atoms with van der Waals surface area (Å²) in [6.45, 7) is 12.2. The Morgan fingerprint density at radius 3 is 2.41 bits per heavy atom. The van der Waals surface area contributed by atoms with Gasteiger partial charge in [0.2, 0.25) is 5.91 Å². The minimum Gasteiger partial charge on any atom is -0.370 e. The van der Waals surface area contributed by atoms with Gasteiger partial charge in [-0.15, -0.1) is 0 Å². The van der Waals surface area contributed by atoms with Crippen molar-refractivity contribution >= 4 is 5.91 Å². The molecule has 2 aliphatic heterocycles. The molecule has 1 atom stereocenters. The number of hydrogen-bond donors (Lipinski definition) is 1. The molecule has 2 fully saturated rings. The van der Waals surface area contributed by atoms with Gasteiger partial charge < -0.3 is 10.1 Å². The van der Waals surface area contributed by atoms with Crippen LogP contribution in [0.1, 0.15) is 70.4 Å². The first-order valence-electron chi connectivity index (χ1n) is 10.6. The van der Waals surface area contributed by atoms with Gasteiger partial charge in [-0.05, 0) is 42.7 Å². The van der Waals surface area contributed by atoms with Gasteiger partial charge in [0.05, 0.1) is 11.7 Å². The largest absolute Gasteiger partial charge is 0.370 e. The first-order chi connectivity index (χ1) is 12.9. The summed E-state index contributed by atoms with van der Waals surface area (Å²) in [5.41, 5.74) is 2.86. The van der Waals surface area contributed by atoms with Crippen molar-refractivity contribution in [2.45, 2.75) is 77.5 Å². The highest BCUT2D eigenvalue weighted by atomic mass is 16.5. The Balaban J connectivity index is 1.44. The standard InChI is InChI=1S/C23H36N2O2/c1-17(2)20-7-5-19(6-8-20)16-25-13-11-23(12-14-25)10-9-21(27-23)15-24-22(26)18(3)4/h5-8,17-18,21H,9-16H2,1-4H3,(H,24,26). The second-order valence-electron chi connectivity index (χ2n) is 9.03. The Morgan fingerprint density at radius 2 is 1.81 bits per heavy atom. The highest BCUT2D eigenvalue weighted by molar-refractivity contribution is 5.77. The summed E-state index contributed by atoms with van der Waals surface area (Å²) in [5, 5.41) is 3.03. The van der Waals surface area contributed by atoms with Crippen LogP contribution in [0.3, 0.4) is 0 Å². The molecular formula is C23H36N2O2. The predicted octanol–water partition coefficient (Wildman–Crippen LogP) is 4.10. The van der Waals surface area contributed by atoms with E-state index < -0.39 is 0 Å². The van der Waals surface area contributed by atoms with E-state index >= 15 is 0 Å². The van der Waals surface area contributed by atoms with Crippen molar-refractivity contribution in [2.24, 2.45) is 5.92 Å². The van der Waals surface area contributed by atoms with Crippen LogP contribution in [0.25, 0.3) is 0 Å². The van der Waals surface area contributed by atoms with Crippen LogP contribution in [0.4, 0.5) is 0 Å². The lowest BCUT2D eigenvalue weighted by molar-refractivity contribution is -0.125. The topological polar surface area (TPSA) is 41.6 Å². The van der Waals surface area contributed by atoms with Gasteiger partial charge in [0.25, 0.3) is 0 Å². The van der Waals surface area contributed by atoms with Gasteiger partial charge in [0.15, 0.2) is 0 Å². The number of rotatable bonds is 6. The average Bonchev–Trinajstić information content (AvgIpc) is 3.05. The molecule has 3 rings (SSSR count). The predicted molar refractivity (Wildman–Crippen MR) is 110 cm³/mol. The molecule has 27 heavy (non-hydrogen) atoms. The highest BCUT2D eigenvalue weighted by Crippen LogP contribution is 2.39. The molecule has 4 heteroatoms. The molecule has 150 valence electrons. The number of piperidine rings is 1. The lowest BCUT2D eigenvalue weighted by atomic mass is 9.88. The smallest absolute Gasteiger partial charge is 0.222 e. The van der Waals surface area contributed by atoms with E-state index in [-0.39, 0.29) is 23.5 Å². The van der Waals surface area contributed by atoms with E-state index in [0.29, 0.717) is 12.5 Å². The van der Waals surface area contributed by atoms with Gasteiger partial charge in [-0.25, -0.2) is 0 Å². The zero-order valence-electron chi connectivity index (χ0n) is 17.5. The SMILES string of the molecule is CC(C)C(=O)NCC1CCC2(CCN(Cc3ccc(C(C)C)cc3)CC2)O1. The highest BCUT2D eigenvalue weighted by Gasteiger charge is 2.42. The second-order valence-corrected chi connectivity index (χ2v) is 9.03. The molecular weight excluding hydrogens is 336 g/mol. The van der Waals surface area contributed by atoms with Crippen LogP contribution in [0.5, 0.6) is 0 Å². The van der Waals surface area contributed by atoms with Crippen molar-refractivity contribution in [3.63, 3.8) is 0 Å². The molecule has 0 radical (unpaired) electrons. The minimum atomic E-state index is 0.0400. The molecule has 1 N–H and O–H groups in total. The summed E-state index contributed by atoms with van der Waals surface area (Å²) in [6.07, 6.45) is 4.58. The average molecular weight is 373 g/mol. The first-order valence-corrected chi connectivity index (χ1v) is 10.6. The van der Waals surface area contributed by atoms with E-state index in [1.807, 2.05) is 13.8 Å². The van der Waals surface area contributed by atoms with Crippen LogP contribution < -0.4 is 5.32 Å². The lowest BCUT2D eigenvalue weighted by Crippen LogP contribution is -2.45. The van der Waals surface area contributed by atoms with Gasteiger partial charge in [-0.2, -0.15) is 0 Å². The van der Waals surface area contributed by atoms with Crippen LogP contribution in [0, 0.1) is 5.92 Å². The summed E-state index contributed by atoms with van der Waals surface area (Å²) < 4.78 is 6.42. The lowest BCUT2D eigenvalue weighted by Gasteiger charge is -2.39. The molecule has 1 spiro atoms. The number of amides is 1. The molecule has 4 nitrogen and oxygen atoms in total. The molecule has 2 saturated heterocycles. The quantitative estimate of drug-likeness (QED) is 0.817. The Morgan fingerprint density at radius 1 is 1.15 bits per heavy atom. The molecule has 0 aliphatic carbocycles. The molecule has 1 unspecified atom stereocenters. The third kappa shape index (κ3) is 5.32. The fraction of sp³-hybridized carbons (Fsp3) is 0.696. The normalized spacial score (nSPS) is 22.7. The summed E-state index contributed by atoms with van der Waals surface area (Å²) in [5.74, 6) is 0.753. The van der Waals surface area contributed by atoms with Crippen LogP contribution in [0.2, 0.25) is 0 Å². The summed E-state index contributed by atoms with van der Waals surface area (Å²) in [7, 11) is 0. The molecule has 2 heterocycles. The Labute approximate surface area is 164 Å². The third-order valence-electron chi connectivity index (χ3n) is 6.19. The van der Waals surface area contributed by atoms with Crippen molar-refractivity contribution < 1.29 is 9.53 Å². The maximum absolute atomic E-state index is 11.8. The van der Waals surface area contributed by atoms with E-state index in [0.717, 1.165) is 45.3 Å². The van der Waals surface area contributed by atoms with E-state index in [1.165, 1.54) is 11.1 Å². The Bertz CT molecular complexity index is 616. The molecule has 0 saturated carbocycles. The van der Waals surface area contributed by atoms with E-state index in [4.69, 9.17) is 4.74 Å². The first kappa shape index (κ1) is 20.3. The monoisotopic (exact) mass is 372 g/mol. The van der Waals surface area contributed by atoms with Gasteiger partial charge >= 0.3 is 0 Å². The van der Waals surface area contributed by atoms with Crippen molar-refractivity contribution in [1.82, 2.24) is 10.2 Å². The number of benzene rings is 1. The second kappa shape index (κ2) is 8.74. The molecule has 0 bridgehead atoms. The Kier molecular flexibility index (Phi) is 6.59. The van der Waals surface area contributed by atoms with Crippen molar-refractivity contribution in [3.05, 3.63) is 35.4 Å². The van der Waals surface area contributed by atoms with Gasteiger partial charge in [0.1, 0.15) is 0 Å². The summed E-state index contributed by atoms with van der Waals surface area (Å²) in [6, 6.07) is 9.08. The number of nitrogens with one attached hydrogen (secondary N) is 1. The number of hydrogen-bond acceptors (Lipinski definition) is 3. The van der Waals surface area contributed by atoms with Crippen LogP contribution in [-0.2, 0) is 16.1 Å². The van der Waals surface area contributed by atoms with Crippen molar-refractivity contribution in [2.75, 3.05) is 19.6 Å². The number of ether oxygens (including phenoxy) is 1. The van der Waals surface area contributed by atoms with Gasteiger partial charge in [0, 0.05) is 32.1 Å². The number of carbonyl (C=O) groups excluding carboxylic acids is 1. The third-order valence-corrected chi connectivity index (χ3v) is 6.19. The zero-order chi connectivity index (χ0) is 19.4. The molecule has 1 amide bonds. The number of nitrogens with zero attached hydrogens (tertiary/aromatic N) is 1. The number of likely N-dealkylation sites (tertiary alicyclic amines) is 1. The maximum Gasteiger partial charge on any atom is 0.222 e. The van der Waals surface area contributed by atoms with E-state index in [1.54, 1.807) is 0 Å². The maximum atomic E-state index is 11.8. The van der Waals surface area contributed by atoms with Crippen molar-refractivity contribution in [1.29, 1.82) is 0 Å². The zero-order valence-corrected chi connectivity index (χ0v) is 17.5. The minimum absolute atomic E-state index is 0.0400. The summed E-state index contributed by atoms with van der Waals surface area (Å²) >= 11 is 0. The van der Waals surface area contributed by atoms with Crippen LogP contribution in [0.15, 0.2) is 24.3 Å². The Hall–Kier alpha value is -1.39.